The maximum atomic E-state index is 5.67. The number of nitrogens with two attached hydrogens (primary N) is 1. The minimum atomic E-state index is 0.443. The van der Waals surface area contributed by atoms with E-state index in [1.807, 2.05) is 0 Å². The van der Waals surface area contributed by atoms with Crippen molar-refractivity contribution in [3.05, 3.63) is 18.2 Å². The first kappa shape index (κ1) is 15.9. The van der Waals surface area contributed by atoms with Crippen LogP contribution in [0.15, 0.2) is 23.2 Å². The first-order valence-electron chi connectivity index (χ1n) is 6.59. The molecule has 0 saturated heterocycles. The lowest BCUT2D eigenvalue weighted by atomic mass is 10.3. The molecule has 0 saturated carbocycles. The van der Waals surface area contributed by atoms with Crippen LogP contribution in [0.2, 0.25) is 0 Å². The Kier molecular flexibility index (Phi) is 7.10. The number of ether oxygens (including phenoxy) is 3. The molecule has 0 aliphatic heterocycles. The van der Waals surface area contributed by atoms with Gasteiger partial charge in [0.2, 0.25) is 0 Å². The topological polar surface area (TPSA) is 78.1 Å². The van der Waals surface area contributed by atoms with Gasteiger partial charge in [-0.05, 0) is 6.42 Å². The SMILES string of the molecule is CCCN=C(N)NCCOc1cc(OC)cc(OC)c1. The normalized spacial score (nSPS) is 11.1. The summed E-state index contributed by atoms with van der Waals surface area (Å²) in [7, 11) is 3.20. The van der Waals surface area contributed by atoms with E-state index in [4.69, 9.17) is 19.9 Å². The van der Waals surface area contributed by atoms with Crippen LogP contribution in [0.25, 0.3) is 0 Å². The summed E-state index contributed by atoms with van der Waals surface area (Å²) in [4.78, 5) is 4.13. The second-order valence-electron chi connectivity index (χ2n) is 4.09. The van der Waals surface area contributed by atoms with Crippen LogP contribution in [0.3, 0.4) is 0 Å². The molecule has 1 aromatic carbocycles. The number of nitrogens with one attached hydrogen (secondary N) is 1. The maximum Gasteiger partial charge on any atom is 0.188 e. The fourth-order valence-electron chi connectivity index (χ4n) is 1.50. The summed E-state index contributed by atoms with van der Waals surface area (Å²) in [5, 5.41) is 2.99. The van der Waals surface area contributed by atoms with E-state index >= 15 is 0 Å². The maximum absolute atomic E-state index is 5.67. The van der Waals surface area contributed by atoms with Crippen molar-refractivity contribution in [2.75, 3.05) is 33.9 Å². The molecule has 0 bridgehead atoms. The molecule has 1 aromatic rings. The quantitative estimate of drug-likeness (QED) is 0.428. The van der Waals surface area contributed by atoms with Gasteiger partial charge in [-0.1, -0.05) is 6.92 Å². The Morgan fingerprint density at radius 3 is 2.30 bits per heavy atom. The number of rotatable bonds is 8. The van der Waals surface area contributed by atoms with E-state index in [-0.39, 0.29) is 0 Å². The van der Waals surface area contributed by atoms with Gasteiger partial charge in [0.1, 0.15) is 23.9 Å². The second kappa shape index (κ2) is 8.90. The van der Waals surface area contributed by atoms with Crippen LogP contribution < -0.4 is 25.3 Å². The highest BCUT2D eigenvalue weighted by Gasteiger charge is 2.02. The van der Waals surface area contributed by atoms with E-state index in [1.54, 1.807) is 32.4 Å². The first-order valence-corrected chi connectivity index (χ1v) is 6.59. The summed E-state index contributed by atoms with van der Waals surface area (Å²) in [6, 6.07) is 5.40. The van der Waals surface area contributed by atoms with Crippen LogP contribution >= 0.6 is 0 Å². The standard InChI is InChI=1S/C14H23N3O3/c1-4-5-16-14(15)17-6-7-20-13-9-11(18-2)8-12(10-13)19-3/h8-10H,4-7H2,1-3H3,(H3,15,16,17). The number of benzene rings is 1. The highest BCUT2D eigenvalue weighted by molar-refractivity contribution is 5.77. The predicted octanol–water partition coefficient (Wildman–Crippen LogP) is 1.40. The smallest absolute Gasteiger partial charge is 0.188 e. The Morgan fingerprint density at radius 2 is 1.75 bits per heavy atom. The Morgan fingerprint density at radius 1 is 1.15 bits per heavy atom. The molecule has 0 aliphatic rings. The summed E-state index contributed by atoms with van der Waals surface area (Å²) in [5.74, 6) is 2.51. The van der Waals surface area contributed by atoms with E-state index in [9.17, 15) is 0 Å². The molecule has 0 unspecified atom stereocenters. The fourth-order valence-corrected chi connectivity index (χ4v) is 1.50. The molecule has 0 atom stereocenters. The Balaban J connectivity index is 2.41. The zero-order valence-electron chi connectivity index (χ0n) is 12.3. The molecule has 0 heterocycles. The molecule has 1 rings (SSSR count). The monoisotopic (exact) mass is 281 g/mol. The van der Waals surface area contributed by atoms with Crippen LogP contribution in [0.5, 0.6) is 17.2 Å². The van der Waals surface area contributed by atoms with Gasteiger partial charge in [0, 0.05) is 24.7 Å². The van der Waals surface area contributed by atoms with Gasteiger partial charge in [0.25, 0.3) is 0 Å². The molecule has 0 fully saturated rings. The molecule has 0 radical (unpaired) electrons. The molecule has 0 spiro atoms. The van der Waals surface area contributed by atoms with Gasteiger partial charge in [-0.3, -0.25) is 4.99 Å². The summed E-state index contributed by atoms with van der Waals surface area (Å²) in [5.41, 5.74) is 5.67. The molecular weight excluding hydrogens is 258 g/mol. The van der Waals surface area contributed by atoms with Crippen LogP contribution in [0.4, 0.5) is 0 Å². The summed E-state index contributed by atoms with van der Waals surface area (Å²) >= 11 is 0. The van der Waals surface area contributed by atoms with Crippen molar-refractivity contribution in [2.24, 2.45) is 10.7 Å². The van der Waals surface area contributed by atoms with Gasteiger partial charge in [-0.25, -0.2) is 0 Å². The number of hydrogen-bond donors (Lipinski definition) is 2. The predicted molar refractivity (Wildman–Crippen MR) is 79.8 cm³/mol. The van der Waals surface area contributed by atoms with Crippen molar-refractivity contribution >= 4 is 5.96 Å². The lowest BCUT2D eigenvalue weighted by molar-refractivity contribution is 0.315. The molecule has 3 N–H and O–H groups in total. The van der Waals surface area contributed by atoms with Crippen LogP contribution in [0.1, 0.15) is 13.3 Å². The van der Waals surface area contributed by atoms with Crippen molar-refractivity contribution in [1.29, 1.82) is 0 Å². The van der Waals surface area contributed by atoms with Gasteiger partial charge in [-0.2, -0.15) is 0 Å². The lowest BCUT2D eigenvalue weighted by Crippen LogP contribution is -2.34. The minimum absolute atomic E-state index is 0.443. The van der Waals surface area contributed by atoms with E-state index < -0.39 is 0 Å². The highest BCUT2D eigenvalue weighted by atomic mass is 16.5. The van der Waals surface area contributed by atoms with E-state index in [1.165, 1.54) is 0 Å². The summed E-state index contributed by atoms with van der Waals surface area (Å²) < 4.78 is 16.0. The molecule has 0 aromatic heterocycles. The van der Waals surface area contributed by atoms with Gasteiger partial charge < -0.3 is 25.3 Å². The summed E-state index contributed by atoms with van der Waals surface area (Å²) in [6.45, 7) is 3.83. The number of hydrogen-bond acceptors (Lipinski definition) is 4. The van der Waals surface area contributed by atoms with Gasteiger partial charge in [-0.15, -0.1) is 0 Å². The number of nitrogens with zero attached hydrogens (tertiary/aromatic N) is 1. The van der Waals surface area contributed by atoms with Crippen molar-refractivity contribution < 1.29 is 14.2 Å². The van der Waals surface area contributed by atoms with Crippen LogP contribution in [-0.2, 0) is 0 Å². The van der Waals surface area contributed by atoms with Crippen molar-refractivity contribution in [2.45, 2.75) is 13.3 Å². The third-order valence-corrected chi connectivity index (χ3v) is 2.51. The molecule has 0 aliphatic carbocycles. The third kappa shape index (κ3) is 5.69. The largest absolute Gasteiger partial charge is 0.496 e. The number of aliphatic imine (C=N–C) groups is 1. The average molecular weight is 281 g/mol. The first-order chi connectivity index (χ1) is 9.69. The second-order valence-corrected chi connectivity index (χ2v) is 4.09. The molecule has 6 nitrogen and oxygen atoms in total. The van der Waals surface area contributed by atoms with Crippen LogP contribution in [0, 0.1) is 0 Å². The lowest BCUT2D eigenvalue weighted by Gasteiger charge is -2.11. The average Bonchev–Trinajstić information content (AvgIpc) is 2.49. The van der Waals surface area contributed by atoms with Crippen molar-refractivity contribution in [3.63, 3.8) is 0 Å². The molecule has 112 valence electrons. The zero-order chi connectivity index (χ0) is 14.8. The van der Waals surface area contributed by atoms with E-state index in [2.05, 4.69) is 17.2 Å². The van der Waals surface area contributed by atoms with Gasteiger partial charge in [0.05, 0.1) is 20.8 Å². The Labute approximate surface area is 119 Å². The number of guanidine groups is 1. The third-order valence-electron chi connectivity index (χ3n) is 2.51. The fraction of sp³-hybridized carbons (Fsp3) is 0.500. The highest BCUT2D eigenvalue weighted by Crippen LogP contribution is 2.27. The number of methoxy groups -OCH3 is 2. The molecule has 6 heteroatoms. The van der Waals surface area contributed by atoms with Crippen molar-refractivity contribution in [1.82, 2.24) is 5.32 Å². The Hall–Kier alpha value is -2.11. The van der Waals surface area contributed by atoms with Gasteiger partial charge in [0.15, 0.2) is 5.96 Å². The zero-order valence-corrected chi connectivity index (χ0v) is 12.3. The van der Waals surface area contributed by atoms with Gasteiger partial charge >= 0.3 is 0 Å². The molecule has 0 amide bonds. The Bertz CT molecular complexity index is 413. The molecular formula is C14H23N3O3. The van der Waals surface area contributed by atoms with Crippen molar-refractivity contribution in [3.8, 4) is 17.2 Å². The minimum Gasteiger partial charge on any atom is -0.496 e. The van der Waals surface area contributed by atoms with Crippen LogP contribution in [-0.4, -0.2) is 39.9 Å². The molecule has 20 heavy (non-hydrogen) atoms. The van der Waals surface area contributed by atoms with E-state index in [0.29, 0.717) is 36.4 Å². The summed E-state index contributed by atoms with van der Waals surface area (Å²) in [6.07, 6.45) is 0.975. The van der Waals surface area contributed by atoms with E-state index in [0.717, 1.165) is 13.0 Å².